The van der Waals surface area contributed by atoms with E-state index in [4.69, 9.17) is 62.7 Å². The van der Waals surface area contributed by atoms with Crippen molar-refractivity contribution in [1.82, 2.24) is 39.5 Å². The van der Waals surface area contributed by atoms with Crippen LogP contribution in [0.25, 0.3) is 49.6 Å². The van der Waals surface area contributed by atoms with Gasteiger partial charge in [-0.25, -0.2) is 0 Å². The van der Waals surface area contributed by atoms with E-state index in [9.17, 15) is 5.11 Å². The Bertz CT molecular complexity index is 2250. The molecule has 0 atom stereocenters. The van der Waals surface area contributed by atoms with Crippen molar-refractivity contribution < 1.29 is 39.4 Å². The van der Waals surface area contributed by atoms with E-state index < -0.39 is 5.60 Å². The number of hydrogen-bond donors (Lipinski definition) is 1. The predicted octanol–water partition coefficient (Wildman–Crippen LogP) is 8.01. The number of para-hydroxylation sites is 4. The third-order valence-corrected chi connectivity index (χ3v) is 7.99. The van der Waals surface area contributed by atoms with Crippen molar-refractivity contribution in [3.8, 4) is 5.95 Å². The molecule has 0 spiro atoms. The second-order valence-electron chi connectivity index (χ2n) is 12.3. The first kappa shape index (κ1) is 46.3. The molecule has 4 aromatic carbocycles. The smallest absolute Gasteiger partial charge is 0.850 e. The summed E-state index contributed by atoms with van der Waals surface area (Å²) in [5.74, 6) is 0.414. The number of fused-ring (bicyclic) bond motifs is 6. The van der Waals surface area contributed by atoms with Crippen LogP contribution in [0.4, 0.5) is 0 Å². The molecule has 55 heavy (non-hydrogen) atoms. The summed E-state index contributed by atoms with van der Waals surface area (Å²) < 4.78 is 6.88. The Hall–Kier alpha value is -3.13. The summed E-state index contributed by atoms with van der Waals surface area (Å²) in [6.45, 7) is 6.90. The molecule has 0 unspecified atom stereocenters. The fourth-order valence-electron chi connectivity index (χ4n) is 5.17. The van der Waals surface area contributed by atoms with Gasteiger partial charge in [0.25, 0.3) is 0 Å². The number of nitrogens with zero attached hydrogens (tertiary/aromatic N) is 7. The minimum absolute atomic E-state index is 0. The Morgan fingerprint density at radius 3 is 1.20 bits per heavy atom. The van der Waals surface area contributed by atoms with Crippen molar-refractivity contribution in [2.75, 3.05) is 13.2 Å². The van der Waals surface area contributed by atoms with Crippen molar-refractivity contribution in [3.63, 3.8) is 0 Å². The third kappa shape index (κ3) is 13.8. The minimum Gasteiger partial charge on any atom is -0.850 e. The van der Waals surface area contributed by atoms with Gasteiger partial charge in [-0.15, -0.1) is 5.60 Å². The average Bonchev–Trinajstić information content (AvgIpc) is 3.87. The first-order valence-corrected chi connectivity index (χ1v) is 18.3. The molecular weight excluding hydrogens is 813 g/mol. The molecule has 9 rings (SSSR count). The molecule has 8 aromatic rings. The monoisotopic (exact) mass is 848 g/mol. The Morgan fingerprint density at radius 1 is 0.545 bits per heavy atom. The number of halogens is 5. The van der Waals surface area contributed by atoms with Gasteiger partial charge in [0.15, 0.2) is 0 Å². The Kier molecular flexibility index (Phi) is 18.5. The number of hydrogen-bond acceptors (Lipinski definition) is 8. The topological polar surface area (TPSA) is 130 Å². The number of nitrogens with one attached hydrogen (secondary N) is 1. The zero-order valence-electron chi connectivity index (χ0n) is 29.9. The van der Waals surface area contributed by atoms with Crippen LogP contribution in [0.15, 0.2) is 97.1 Å². The predicted molar refractivity (Wildman–Crippen MR) is 221 cm³/mol. The minimum atomic E-state index is -0.750. The standard InChI is InChI=1S/C15H8Cl2N4.C12H9N.C4H8O.C4H9O.C3Cl3N3.CH4.Na/c16-13-18-14(17)20-15(19-13)21-11-7-3-1-5-9(11)10-6-2-4-8-12(10)21;1-3-7-11-9(5-1)10-6-2-4-8-12(10)13-11;1-2-4-5-3-1;1-4(2,3)5;4-1-7-2(5)9-3(6)8-1;;/h1-8H;1-8,13H;1-4H2;1-3H3;;1H4;/q;;;-1;;;+1. The molecule has 10 nitrogen and oxygen atoms in total. The Labute approximate surface area is 366 Å². The van der Waals surface area contributed by atoms with E-state index in [1.807, 2.05) is 41.0 Å². The van der Waals surface area contributed by atoms with Gasteiger partial charge < -0.3 is 14.8 Å². The van der Waals surface area contributed by atoms with E-state index in [2.05, 4.69) is 95.6 Å². The normalized spacial score (nSPS) is 11.8. The van der Waals surface area contributed by atoms with Gasteiger partial charge in [0.05, 0.1) is 11.0 Å². The SMILES string of the molecule is C.C1CCOC1.CC(C)(C)[O-].Clc1nc(Cl)nc(-n2c3ccccc3c3ccccc32)n1.Clc1nc(Cl)nc(Cl)n1.[Na+].c1ccc2c(c1)[nH]c1ccccc12. The van der Waals surface area contributed by atoms with Gasteiger partial charge in [-0.1, -0.05) is 101 Å². The maximum atomic E-state index is 10.1. The van der Waals surface area contributed by atoms with E-state index in [0.29, 0.717) is 5.95 Å². The van der Waals surface area contributed by atoms with Crippen molar-refractivity contribution in [2.45, 2.75) is 46.6 Å². The van der Waals surface area contributed by atoms with Crippen molar-refractivity contribution in [3.05, 3.63) is 123 Å². The van der Waals surface area contributed by atoms with Crippen molar-refractivity contribution in [1.29, 1.82) is 0 Å². The summed E-state index contributed by atoms with van der Waals surface area (Å²) >= 11 is 27.8. The van der Waals surface area contributed by atoms with Gasteiger partial charge in [0.1, 0.15) is 0 Å². The third-order valence-electron chi connectivity index (χ3n) is 7.14. The number of benzene rings is 4. The summed E-state index contributed by atoms with van der Waals surface area (Å²) in [4.78, 5) is 26.0. The zero-order valence-corrected chi connectivity index (χ0v) is 35.7. The molecule has 1 N–H and O–H groups in total. The van der Waals surface area contributed by atoms with Crippen LogP contribution in [0.5, 0.6) is 0 Å². The summed E-state index contributed by atoms with van der Waals surface area (Å²) in [6.07, 6.45) is 2.56. The molecule has 0 saturated carbocycles. The van der Waals surface area contributed by atoms with Crippen LogP contribution in [0.3, 0.4) is 0 Å². The molecule has 0 radical (unpaired) electrons. The fraction of sp³-hybridized carbons (Fsp3) is 0.231. The number of aromatic amines is 1. The van der Waals surface area contributed by atoms with Crippen LogP contribution in [-0.4, -0.2) is 58.3 Å². The maximum Gasteiger partial charge on any atom is 1.00 e. The van der Waals surface area contributed by atoms with E-state index >= 15 is 0 Å². The summed E-state index contributed by atoms with van der Waals surface area (Å²) in [6, 6.07) is 32.9. The quantitative estimate of drug-likeness (QED) is 0.165. The van der Waals surface area contributed by atoms with Crippen molar-refractivity contribution >= 4 is 102 Å². The largest absolute Gasteiger partial charge is 1.00 e. The number of ether oxygens (including phenoxy) is 1. The number of H-pyrrole nitrogens is 1. The maximum absolute atomic E-state index is 10.1. The van der Waals surface area contributed by atoms with Gasteiger partial charge >= 0.3 is 29.6 Å². The zero-order chi connectivity index (χ0) is 38.0. The van der Waals surface area contributed by atoms with Crippen LogP contribution < -0.4 is 34.7 Å². The molecule has 282 valence electrons. The molecular formula is C39H38Cl5N8NaO2. The molecule has 16 heteroatoms. The first-order chi connectivity index (χ1) is 25.4. The molecule has 1 aliphatic heterocycles. The number of aromatic nitrogens is 8. The summed E-state index contributed by atoms with van der Waals surface area (Å²) in [7, 11) is 0. The molecule has 1 aliphatic rings. The fourth-order valence-corrected chi connectivity index (χ4v) is 6.13. The van der Waals surface area contributed by atoms with Crippen LogP contribution in [0, 0.1) is 0 Å². The molecule has 4 aromatic heterocycles. The Morgan fingerprint density at radius 2 is 0.855 bits per heavy atom. The van der Waals surface area contributed by atoms with E-state index in [-0.39, 0.29) is 63.4 Å². The van der Waals surface area contributed by atoms with Crippen LogP contribution in [0.1, 0.15) is 41.0 Å². The second-order valence-corrected chi connectivity index (χ2v) is 14.0. The molecule has 0 bridgehead atoms. The van der Waals surface area contributed by atoms with Gasteiger partial charge in [0, 0.05) is 45.8 Å². The molecule has 0 aliphatic carbocycles. The number of rotatable bonds is 1. The average molecular weight is 851 g/mol. The summed E-state index contributed by atoms with van der Waals surface area (Å²) in [5.41, 5.74) is 3.67. The van der Waals surface area contributed by atoms with E-state index in [1.54, 1.807) is 20.8 Å². The van der Waals surface area contributed by atoms with Gasteiger partial charge in [-0.05, 0) is 95.1 Å². The van der Waals surface area contributed by atoms with Crippen LogP contribution in [0.2, 0.25) is 26.4 Å². The van der Waals surface area contributed by atoms with Gasteiger partial charge in [0.2, 0.25) is 32.4 Å². The van der Waals surface area contributed by atoms with Gasteiger partial charge in [-0.3, -0.25) is 4.57 Å². The molecule has 1 fully saturated rings. The van der Waals surface area contributed by atoms with E-state index in [1.165, 1.54) is 34.6 Å². The van der Waals surface area contributed by atoms with Crippen LogP contribution >= 0.6 is 58.0 Å². The van der Waals surface area contributed by atoms with Crippen molar-refractivity contribution in [2.24, 2.45) is 0 Å². The summed E-state index contributed by atoms with van der Waals surface area (Å²) in [5, 5.41) is 15.1. The van der Waals surface area contributed by atoms with E-state index in [0.717, 1.165) is 35.0 Å². The molecule has 0 amide bonds. The molecule has 5 heterocycles. The first-order valence-electron chi connectivity index (χ1n) is 16.4. The molecule has 1 saturated heterocycles. The second kappa shape index (κ2) is 22.0. The Balaban J connectivity index is 0.000000205. The van der Waals surface area contributed by atoms with Crippen LogP contribution in [-0.2, 0) is 4.74 Å². The van der Waals surface area contributed by atoms with Gasteiger partial charge in [-0.2, -0.15) is 29.9 Å².